The lowest BCUT2D eigenvalue weighted by Crippen LogP contribution is -2.02. The van der Waals surface area contributed by atoms with Gasteiger partial charge in [-0.05, 0) is 12.1 Å². The summed E-state index contributed by atoms with van der Waals surface area (Å²) in [7, 11) is 0.827. The van der Waals surface area contributed by atoms with Crippen LogP contribution in [0.5, 0.6) is 5.75 Å². The molecule has 6 heteroatoms. The van der Waals surface area contributed by atoms with Crippen LogP contribution < -0.4 is 9.92 Å². The lowest BCUT2D eigenvalue weighted by Gasteiger charge is -2.02. The summed E-state index contributed by atoms with van der Waals surface area (Å²) in [6.45, 7) is 0. The van der Waals surface area contributed by atoms with Crippen LogP contribution in [0, 0.1) is 0 Å². The number of hydrogen-bond acceptors (Lipinski definition) is 4. The highest BCUT2D eigenvalue weighted by Crippen LogP contribution is 2.22. The van der Waals surface area contributed by atoms with E-state index >= 15 is 0 Å². The zero-order chi connectivity index (χ0) is 9.19. The van der Waals surface area contributed by atoms with E-state index in [1.54, 1.807) is 12.1 Å². The van der Waals surface area contributed by atoms with Gasteiger partial charge in [-0.2, -0.15) is 8.42 Å². The summed E-state index contributed by atoms with van der Waals surface area (Å²) in [6, 6.07) is 6.17. The van der Waals surface area contributed by atoms with Crippen molar-refractivity contribution in [3.63, 3.8) is 0 Å². The van der Waals surface area contributed by atoms with E-state index in [-0.39, 0.29) is 11.4 Å². The van der Waals surface area contributed by atoms with E-state index in [1.165, 1.54) is 12.1 Å². The van der Waals surface area contributed by atoms with Gasteiger partial charge in [0.15, 0.2) is 5.75 Å². The molecule has 0 aliphatic carbocycles. The average molecular weight is 208 g/mol. The number of benzene rings is 1. The second-order valence-corrected chi connectivity index (χ2v) is 4.10. The van der Waals surface area contributed by atoms with Crippen molar-refractivity contribution < 1.29 is 12.6 Å². The summed E-state index contributed by atoms with van der Waals surface area (Å²) in [5.41, 5.74) is 5.60. The Morgan fingerprint density at radius 3 is 2.42 bits per heavy atom. The molecule has 1 aromatic carbocycles. The third-order valence-electron chi connectivity index (χ3n) is 1.11. The van der Waals surface area contributed by atoms with Crippen molar-refractivity contribution in [3.8, 4) is 5.75 Å². The highest BCUT2D eigenvalue weighted by atomic mass is 35.7. The second kappa shape index (κ2) is 3.20. The molecule has 0 spiro atoms. The number of para-hydroxylation sites is 2. The molecule has 1 rings (SSSR count). The summed E-state index contributed by atoms with van der Waals surface area (Å²) in [6.07, 6.45) is 0. The van der Waals surface area contributed by atoms with Gasteiger partial charge in [-0.15, -0.1) is 0 Å². The van der Waals surface area contributed by atoms with Crippen LogP contribution in [0.4, 0.5) is 5.69 Å². The molecule has 0 aliphatic rings. The summed E-state index contributed by atoms with van der Waals surface area (Å²) >= 11 is 0. The fourth-order valence-electron chi connectivity index (χ4n) is 0.664. The van der Waals surface area contributed by atoms with Crippen LogP contribution in [-0.4, -0.2) is 8.42 Å². The highest BCUT2D eigenvalue weighted by Gasteiger charge is 2.08. The van der Waals surface area contributed by atoms with Crippen molar-refractivity contribution in [3.05, 3.63) is 24.3 Å². The normalized spacial score (nSPS) is 11.1. The first kappa shape index (κ1) is 9.15. The minimum atomic E-state index is -4.01. The summed E-state index contributed by atoms with van der Waals surface area (Å²) in [5.74, 6) is 0.0347. The minimum absolute atomic E-state index is 0.0347. The molecule has 0 aromatic heterocycles. The summed E-state index contributed by atoms with van der Waals surface area (Å²) in [5, 5.41) is 0. The molecule has 0 atom stereocenters. The smallest absolute Gasteiger partial charge is 0.396 e. The first-order valence-corrected chi connectivity index (χ1v) is 5.21. The van der Waals surface area contributed by atoms with Crippen LogP contribution >= 0.6 is 10.7 Å². The maximum Gasteiger partial charge on any atom is 0.401 e. The first-order valence-electron chi connectivity index (χ1n) is 2.97. The van der Waals surface area contributed by atoms with Crippen LogP contribution in [-0.2, 0) is 9.33 Å². The molecule has 2 N–H and O–H groups in total. The maximum absolute atomic E-state index is 10.4. The molecular formula is C6H6ClNO3S. The number of anilines is 1. The fraction of sp³-hybridized carbons (Fsp3) is 0. The topological polar surface area (TPSA) is 69.4 Å². The molecule has 0 fully saturated rings. The van der Waals surface area contributed by atoms with E-state index in [4.69, 9.17) is 16.4 Å². The molecule has 12 heavy (non-hydrogen) atoms. The van der Waals surface area contributed by atoms with Crippen LogP contribution in [0.25, 0.3) is 0 Å². The zero-order valence-corrected chi connectivity index (χ0v) is 7.47. The van der Waals surface area contributed by atoms with Gasteiger partial charge >= 0.3 is 9.33 Å². The molecule has 0 saturated carbocycles. The quantitative estimate of drug-likeness (QED) is 0.583. The molecule has 0 radical (unpaired) electrons. The van der Waals surface area contributed by atoms with E-state index in [2.05, 4.69) is 4.18 Å². The van der Waals surface area contributed by atoms with E-state index < -0.39 is 9.33 Å². The highest BCUT2D eigenvalue weighted by molar-refractivity contribution is 8.10. The first-order chi connectivity index (χ1) is 5.49. The molecule has 0 bridgehead atoms. The summed E-state index contributed by atoms with van der Waals surface area (Å²) < 4.78 is 25.2. The van der Waals surface area contributed by atoms with Gasteiger partial charge in [-0.25, -0.2) is 0 Å². The molecular weight excluding hydrogens is 202 g/mol. The third kappa shape index (κ3) is 2.60. The Kier molecular flexibility index (Phi) is 2.44. The number of nitrogens with two attached hydrogens (primary N) is 1. The largest absolute Gasteiger partial charge is 0.401 e. The zero-order valence-electron chi connectivity index (χ0n) is 5.90. The van der Waals surface area contributed by atoms with Crippen LogP contribution in [0.1, 0.15) is 0 Å². The lowest BCUT2D eigenvalue weighted by molar-refractivity contribution is 0.504. The van der Waals surface area contributed by atoms with Crippen molar-refractivity contribution in [1.82, 2.24) is 0 Å². The molecule has 0 heterocycles. The van der Waals surface area contributed by atoms with Gasteiger partial charge < -0.3 is 9.92 Å². The standard InChI is InChI=1S/C6H6ClNO3S/c7-12(9,10)11-6-4-2-1-3-5(6)8/h1-4H,8H2. The Bertz CT molecular complexity index is 376. The molecule has 0 unspecified atom stereocenters. The van der Waals surface area contributed by atoms with Crippen LogP contribution in [0.2, 0.25) is 0 Å². The Morgan fingerprint density at radius 2 is 1.92 bits per heavy atom. The predicted octanol–water partition coefficient (Wildman–Crippen LogP) is 1.13. The molecule has 0 saturated heterocycles. The number of halogens is 1. The lowest BCUT2D eigenvalue weighted by atomic mass is 10.3. The number of hydrogen-bond donors (Lipinski definition) is 1. The second-order valence-electron chi connectivity index (χ2n) is 2.01. The SMILES string of the molecule is Nc1ccccc1OS(=O)(=O)Cl. The number of rotatable bonds is 2. The van der Waals surface area contributed by atoms with Gasteiger partial charge in [-0.1, -0.05) is 12.1 Å². The van der Waals surface area contributed by atoms with E-state index in [1.807, 2.05) is 0 Å². The molecule has 0 amide bonds. The Morgan fingerprint density at radius 1 is 1.33 bits per heavy atom. The molecule has 66 valence electrons. The van der Waals surface area contributed by atoms with E-state index in [9.17, 15) is 8.42 Å². The predicted molar refractivity (Wildman–Crippen MR) is 46.3 cm³/mol. The van der Waals surface area contributed by atoms with Gasteiger partial charge in [0.2, 0.25) is 0 Å². The van der Waals surface area contributed by atoms with Gasteiger partial charge in [0.05, 0.1) is 16.4 Å². The summed E-state index contributed by atoms with van der Waals surface area (Å²) in [4.78, 5) is 0. The Labute approximate surface area is 74.5 Å². The average Bonchev–Trinajstić information content (AvgIpc) is 1.91. The van der Waals surface area contributed by atoms with Gasteiger partial charge in [0.1, 0.15) is 0 Å². The van der Waals surface area contributed by atoms with Gasteiger partial charge in [0, 0.05) is 0 Å². The van der Waals surface area contributed by atoms with Crippen molar-refractivity contribution in [2.24, 2.45) is 0 Å². The Balaban J connectivity index is 2.98. The van der Waals surface area contributed by atoms with Crippen molar-refractivity contribution in [1.29, 1.82) is 0 Å². The van der Waals surface area contributed by atoms with Crippen molar-refractivity contribution >= 4 is 25.7 Å². The van der Waals surface area contributed by atoms with Crippen molar-refractivity contribution in [2.75, 3.05) is 5.73 Å². The van der Waals surface area contributed by atoms with E-state index in [0.717, 1.165) is 0 Å². The van der Waals surface area contributed by atoms with E-state index in [0.29, 0.717) is 0 Å². The molecule has 1 aromatic rings. The number of nitrogen functional groups attached to an aromatic ring is 1. The maximum atomic E-state index is 10.4. The molecule has 4 nitrogen and oxygen atoms in total. The third-order valence-corrected chi connectivity index (χ3v) is 1.68. The minimum Gasteiger partial charge on any atom is -0.396 e. The Hall–Kier alpha value is -0.940. The van der Waals surface area contributed by atoms with Crippen LogP contribution in [0.15, 0.2) is 24.3 Å². The van der Waals surface area contributed by atoms with Gasteiger partial charge in [-0.3, -0.25) is 0 Å². The molecule has 0 aliphatic heterocycles. The fourth-order valence-corrected chi connectivity index (χ4v) is 1.23. The monoisotopic (exact) mass is 207 g/mol. The van der Waals surface area contributed by atoms with Crippen LogP contribution in [0.3, 0.4) is 0 Å². The van der Waals surface area contributed by atoms with Crippen molar-refractivity contribution in [2.45, 2.75) is 0 Å². The van der Waals surface area contributed by atoms with Gasteiger partial charge in [0.25, 0.3) is 0 Å².